The fraction of sp³-hybridized carbons (Fsp3) is 0.143. The van der Waals surface area contributed by atoms with E-state index in [1.165, 1.54) is 0 Å². The van der Waals surface area contributed by atoms with E-state index in [1.807, 2.05) is 30.3 Å². The summed E-state index contributed by atoms with van der Waals surface area (Å²) in [6.07, 6.45) is 0. The van der Waals surface area contributed by atoms with Crippen molar-refractivity contribution in [2.75, 3.05) is 18.5 Å². The van der Waals surface area contributed by atoms with Gasteiger partial charge in [-0.05, 0) is 17.5 Å². The van der Waals surface area contributed by atoms with Gasteiger partial charge < -0.3 is 15.2 Å². The maximum Gasteiger partial charge on any atom is 0.329 e. The maximum absolute atomic E-state index is 11.7. The summed E-state index contributed by atoms with van der Waals surface area (Å²) in [6, 6.07) is 11.3. The second kappa shape index (κ2) is 6.49. The third kappa shape index (κ3) is 3.55. The molecule has 104 valence electrons. The highest BCUT2D eigenvalue weighted by molar-refractivity contribution is 9.10. The smallest absolute Gasteiger partial charge is 0.329 e. The van der Waals surface area contributed by atoms with E-state index in [-0.39, 0.29) is 6.61 Å². The second-order valence-electron chi connectivity index (χ2n) is 4.08. The number of halogens is 1. The number of rotatable bonds is 5. The number of carboxylic acid groups (broad SMARTS) is 1. The van der Waals surface area contributed by atoms with E-state index in [9.17, 15) is 9.59 Å². The highest BCUT2D eigenvalue weighted by Gasteiger charge is 2.08. The molecular formula is C14H12BrNO4. The molecule has 1 amide bonds. The third-order valence-corrected chi connectivity index (χ3v) is 3.30. The maximum atomic E-state index is 11.7. The van der Waals surface area contributed by atoms with E-state index >= 15 is 0 Å². The second-order valence-corrected chi connectivity index (χ2v) is 4.93. The first-order valence-corrected chi connectivity index (χ1v) is 6.64. The number of fused-ring (bicyclic) bond motifs is 1. The van der Waals surface area contributed by atoms with Gasteiger partial charge >= 0.3 is 5.97 Å². The van der Waals surface area contributed by atoms with Gasteiger partial charge in [0.2, 0.25) is 5.91 Å². The highest BCUT2D eigenvalue weighted by Crippen LogP contribution is 2.29. The molecule has 2 N–H and O–H groups in total. The number of aliphatic carboxylic acids is 1. The van der Waals surface area contributed by atoms with Gasteiger partial charge in [-0.3, -0.25) is 4.79 Å². The van der Waals surface area contributed by atoms with Crippen LogP contribution < -0.4 is 5.32 Å². The van der Waals surface area contributed by atoms with Gasteiger partial charge in [0.25, 0.3) is 0 Å². The molecule has 0 heterocycles. The monoisotopic (exact) mass is 337 g/mol. The number of hydrogen-bond acceptors (Lipinski definition) is 3. The summed E-state index contributed by atoms with van der Waals surface area (Å²) in [6.45, 7) is -0.787. The van der Waals surface area contributed by atoms with E-state index in [1.54, 1.807) is 6.07 Å². The van der Waals surface area contributed by atoms with Crippen molar-refractivity contribution in [1.82, 2.24) is 0 Å². The number of hydrogen-bond donors (Lipinski definition) is 2. The molecule has 0 spiro atoms. The van der Waals surface area contributed by atoms with Crippen LogP contribution in [0.4, 0.5) is 5.69 Å². The number of amides is 1. The van der Waals surface area contributed by atoms with Gasteiger partial charge in [0.05, 0.1) is 0 Å². The first-order valence-electron chi connectivity index (χ1n) is 5.84. The molecule has 0 atom stereocenters. The molecule has 0 unspecified atom stereocenters. The van der Waals surface area contributed by atoms with E-state index in [4.69, 9.17) is 9.84 Å². The van der Waals surface area contributed by atoms with Gasteiger partial charge in [-0.15, -0.1) is 0 Å². The Labute approximate surface area is 123 Å². The molecule has 2 aromatic rings. The van der Waals surface area contributed by atoms with E-state index in [2.05, 4.69) is 21.2 Å². The molecule has 0 aliphatic heterocycles. The molecule has 0 aliphatic carbocycles. The fourth-order valence-electron chi connectivity index (χ4n) is 1.79. The SMILES string of the molecule is O=C(O)COCC(=O)Nc1ccc(Br)c2ccccc12. The number of nitrogens with one attached hydrogen (secondary N) is 1. The topological polar surface area (TPSA) is 75.6 Å². The lowest BCUT2D eigenvalue weighted by Gasteiger charge is -2.10. The number of anilines is 1. The Bertz CT molecular complexity index is 657. The Hall–Kier alpha value is -1.92. The molecule has 0 saturated carbocycles. The largest absolute Gasteiger partial charge is 0.480 e. The van der Waals surface area contributed by atoms with Crippen LogP contribution >= 0.6 is 15.9 Å². The van der Waals surface area contributed by atoms with Crippen LogP contribution in [0.3, 0.4) is 0 Å². The summed E-state index contributed by atoms with van der Waals surface area (Å²) in [5, 5.41) is 13.0. The average molecular weight is 338 g/mol. The van der Waals surface area contributed by atoms with Crippen LogP contribution in [0, 0.1) is 0 Å². The van der Waals surface area contributed by atoms with E-state index in [0.717, 1.165) is 15.2 Å². The fourth-order valence-corrected chi connectivity index (χ4v) is 2.27. The lowest BCUT2D eigenvalue weighted by atomic mass is 10.1. The number of carbonyl (C=O) groups excluding carboxylic acids is 1. The molecule has 0 radical (unpaired) electrons. The van der Waals surface area contributed by atoms with Crippen LogP contribution in [-0.2, 0) is 14.3 Å². The average Bonchev–Trinajstić information content (AvgIpc) is 2.42. The third-order valence-electron chi connectivity index (χ3n) is 2.60. The summed E-state index contributed by atoms with van der Waals surface area (Å²) in [4.78, 5) is 22.0. The van der Waals surface area contributed by atoms with E-state index in [0.29, 0.717) is 5.69 Å². The van der Waals surface area contributed by atoms with Gasteiger partial charge in [-0.2, -0.15) is 0 Å². The lowest BCUT2D eigenvalue weighted by Crippen LogP contribution is -2.20. The van der Waals surface area contributed by atoms with Crippen molar-refractivity contribution in [3.63, 3.8) is 0 Å². The molecule has 0 saturated heterocycles. The van der Waals surface area contributed by atoms with Crippen LogP contribution in [0.2, 0.25) is 0 Å². The number of benzene rings is 2. The van der Waals surface area contributed by atoms with E-state index < -0.39 is 18.5 Å². The summed E-state index contributed by atoms with van der Waals surface area (Å²) >= 11 is 3.45. The summed E-state index contributed by atoms with van der Waals surface area (Å²) in [7, 11) is 0. The van der Waals surface area contributed by atoms with Crippen LogP contribution in [0.5, 0.6) is 0 Å². The predicted octanol–water partition coefficient (Wildman–Crippen LogP) is 2.64. The van der Waals surface area contributed by atoms with Gasteiger partial charge in [-0.1, -0.05) is 40.2 Å². The Balaban J connectivity index is 2.12. The zero-order valence-electron chi connectivity index (χ0n) is 10.4. The Morgan fingerprint density at radius 3 is 2.50 bits per heavy atom. The molecule has 0 bridgehead atoms. The lowest BCUT2D eigenvalue weighted by molar-refractivity contribution is -0.143. The Morgan fingerprint density at radius 2 is 1.80 bits per heavy atom. The van der Waals surface area contributed by atoms with Crippen LogP contribution in [0.25, 0.3) is 10.8 Å². The minimum Gasteiger partial charge on any atom is -0.480 e. The Morgan fingerprint density at radius 1 is 1.10 bits per heavy atom. The molecule has 6 heteroatoms. The molecule has 0 fully saturated rings. The summed E-state index contributed by atoms with van der Waals surface area (Å²) in [5.74, 6) is -1.49. The minimum atomic E-state index is -1.10. The first-order chi connectivity index (χ1) is 9.58. The van der Waals surface area contributed by atoms with Crippen molar-refractivity contribution in [2.45, 2.75) is 0 Å². The molecular weight excluding hydrogens is 326 g/mol. The molecule has 2 rings (SSSR count). The van der Waals surface area contributed by atoms with Crippen molar-refractivity contribution >= 4 is 44.3 Å². The quantitative estimate of drug-likeness (QED) is 0.879. The van der Waals surface area contributed by atoms with Crippen molar-refractivity contribution in [3.05, 3.63) is 40.9 Å². The van der Waals surface area contributed by atoms with Gasteiger partial charge in [0, 0.05) is 15.5 Å². The standard InChI is InChI=1S/C14H12BrNO4/c15-11-5-6-12(10-4-2-1-3-9(10)11)16-13(17)7-20-8-14(18)19/h1-6H,7-8H2,(H,16,17)(H,18,19). The Kier molecular flexibility index (Phi) is 4.70. The number of carbonyl (C=O) groups is 2. The highest BCUT2D eigenvalue weighted by atomic mass is 79.9. The molecule has 2 aromatic carbocycles. The van der Waals surface area contributed by atoms with Gasteiger partial charge in [0.15, 0.2) is 0 Å². The normalized spacial score (nSPS) is 10.4. The first kappa shape index (κ1) is 14.5. The van der Waals surface area contributed by atoms with Crippen LogP contribution in [0.1, 0.15) is 0 Å². The van der Waals surface area contributed by atoms with Crippen molar-refractivity contribution in [2.24, 2.45) is 0 Å². The molecule has 0 aliphatic rings. The van der Waals surface area contributed by atoms with Crippen molar-refractivity contribution in [1.29, 1.82) is 0 Å². The van der Waals surface area contributed by atoms with Crippen molar-refractivity contribution < 1.29 is 19.4 Å². The molecule has 20 heavy (non-hydrogen) atoms. The van der Waals surface area contributed by atoms with Gasteiger partial charge in [0.1, 0.15) is 13.2 Å². The minimum absolute atomic E-state index is 0.295. The van der Waals surface area contributed by atoms with Crippen LogP contribution in [-0.4, -0.2) is 30.2 Å². The van der Waals surface area contributed by atoms with Crippen LogP contribution in [0.15, 0.2) is 40.9 Å². The van der Waals surface area contributed by atoms with Crippen molar-refractivity contribution in [3.8, 4) is 0 Å². The predicted molar refractivity (Wildman–Crippen MR) is 78.7 cm³/mol. The van der Waals surface area contributed by atoms with Gasteiger partial charge in [-0.25, -0.2) is 4.79 Å². The molecule has 0 aromatic heterocycles. The summed E-state index contributed by atoms with van der Waals surface area (Å²) in [5.41, 5.74) is 0.660. The number of ether oxygens (including phenoxy) is 1. The zero-order valence-corrected chi connectivity index (χ0v) is 12.0. The molecule has 5 nitrogen and oxygen atoms in total. The summed E-state index contributed by atoms with van der Waals surface area (Å²) < 4.78 is 5.68. The zero-order chi connectivity index (χ0) is 14.5. The number of carboxylic acids is 1.